The molecule has 0 aliphatic carbocycles. The summed E-state index contributed by atoms with van der Waals surface area (Å²) in [5.41, 5.74) is 1.35. The lowest BCUT2D eigenvalue weighted by Crippen LogP contribution is -2.41. The van der Waals surface area contributed by atoms with Crippen LogP contribution in [0.4, 0.5) is 0 Å². The second kappa shape index (κ2) is 5.67. The van der Waals surface area contributed by atoms with Crippen LogP contribution in [0.15, 0.2) is 24.3 Å². The summed E-state index contributed by atoms with van der Waals surface area (Å²) in [5.74, 6) is -1.07. The quantitative estimate of drug-likeness (QED) is 0.837. The molecule has 1 aromatic carbocycles. The number of hydrogen-bond donors (Lipinski definition) is 2. The van der Waals surface area contributed by atoms with Gasteiger partial charge < -0.3 is 10.4 Å². The molecule has 1 rings (SSSR count). The third-order valence-electron chi connectivity index (χ3n) is 3.01. The van der Waals surface area contributed by atoms with Crippen molar-refractivity contribution in [2.45, 2.75) is 32.6 Å². The first-order valence-corrected chi connectivity index (χ1v) is 5.92. The number of aliphatic carboxylic acids is 1. The van der Waals surface area contributed by atoms with Gasteiger partial charge in [-0.05, 0) is 31.9 Å². The smallest absolute Gasteiger partial charge is 0.305 e. The number of amides is 1. The van der Waals surface area contributed by atoms with E-state index in [1.807, 2.05) is 45.0 Å². The zero-order valence-corrected chi connectivity index (χ0v) is 11.0. The van der Waals surface area contributed by atoms with Crippen LogP contribution in [-0.2, 0) is 15.0 Å². The summed E-state index contributed by atoms with van der Waals surface area (Å²) in [6, 6.07) is 7.71. The van der Waals surface area contributed by atoms with Gasteiger partial charge in [0.15, 0.2) is 0 Å². The molecule has 0 aromatic heterocycles. The number of aryl methyl sites for hydroxylation is 1. The highest BCUT2D eigenvalue weighted by molar-refractivity contribution is 5.88. The zero-order chi connectivity index (χ0) is 13.8. The van der Waals surface area contributed by atoms with Crippen LogP contribution in [0.25, 0.3) is 0 Å². The summed E-state index contributed by atoms with van der Waals surface area (Å²) in [6.07, 6.45) is -0.0599. The Morgan fingerprint density at radius 1 is 1.28 bits per heavy atom. The van der Waals surface area contributed by atoms with E-state index in [0.717, 1.165) is 11.1 Å². The molecule has 0 unspecified atom stereocenters. The van der Waals surface area contributed by atoms with E-state index in [9.17, 15) is 9.59 Å². The molecule has 0 radical (unpaired) electrons. The summed E-state index contributed by atoms with van der Waals surface area (Å²) >= 11 is 0. The van der Waals surface area contributed by atoms with Crippen LogP contribution in [0.1, 0.15) is 31.4 Å². The minimum Gasteiger partial charge on any atom is -0.481 e. The van der Waals surface area contributed by atoms with Gasteiger partial charge in [0.1, 0.15) is 0 Å². The Balaban J connectivity index is 2.77. The molecule has 0 aliphatic rings. The minimum atomic E-state index is -0.913. The first-order chi connectivity index (χ1) is 8.35. The maximum Gasteiger partial charge on any atom is 0.305 e. The predicted molar refractivity (Wildman–Crippen MR) is 69.5 cm³/mol. The molecule has 0 bridgehead atoms. The molecule has 4 nitrogen and oxygen atoms in total. The van der Waals surface area contributed by atoms with Gasteiger partial charge >= 0.3 is 5.97 Å². The molecular weight excluding hydrogens is 230 g/mol. The number of nitrogens with one attached hydrogen (secondary N) is 1. The molecule has 0 saturated heterocycles. The number of rotatable bonds is 5. The number of carbonyl (C=O) groups is 2. The summed E-state index contributed by atoms with van der Waals surface area (Å²) in [5, 5.41) is 11.2. The average Bonchev–Trinajstić information content (AvgIpc) is 2.28. The monoisotopic (exact) mass is 249 g/mol. The Morgan fingerprint density at radius 3 is 2.44 bits per heavy atom. The molecule has 0 heterocycles. The van der Waals surface area contributed by atoms with Gasteiger partial charge in [-0.2, -0.15) is 0 Å². The van der Waals surface area contributed by atoms with Crippen LogP contribution in [0.3, 0.4) is 0 Å². The molecule has 18 heavy (non-hydrogen) atoms. The topological polar surface area (TPSA) is 66.4 Å². The standard InChI is InChI=1S/C14H19NO3/c1-10-6-4-5-7-11(10)14(2,3)13(18)15-9-8-12(16)17/h4-7H,8-9H2,1-3H3,(H,15,18)(H,16,17). The van der Waals surface area contributed by atoms with Crippen molar-refractivity contribution in [2.75, 3.05) is 6.54 Å². The highest BCUT2D eigenvalue weighted by atomic mass is 16.4. The van der Waals surface area contributed by atoms with Crippen LogP contribution < -0.4 is 5.32 Å². The van der Waals surface area contributed by atoms with Crippen molar-refractivity contribution in [1.82, 2.24) is 5.32 Å². The van der Waals surface area contributed by atoms with E-state index in [-0.39, 0.29) is 18.9 Å². The number of carbonyl (C=O) groups excluding carboxylic acids is 1. The molecule has 0 aliphatic heterocycles. The average molecular weight is 249 g/mol. The minimum absolute atomic E-state index is 0.0599. The molecule has 1 aromatic rings. The van der Waals surface area contributed by atoms with Crippen molar-refractivity contribution in [3.8, 4) is 0 Å². The normalized spacial score (nSPS) is 11.1. The van der Waals surface area contributed by atoms with Crippen molar-refractivity contribution in [3.05, 3.63) is 35.4 Å². The Bertz CT molecular complexity index is 452. The highest BCUT2D eigenvalue weighted by Crippen LogP contribution is 2.26. The third kappa shape index (κ3) is 3.32. The van der Waals surface area contributed by atoms with Gasteiger partial charge in [-0.3, -0.25) is 9.59 Å². The molecule has 4 heteroatoms. The van der Waals surface area contributed by atoms with E-state index >= 15 is 0 Å². The summed E-state index contributed by atoms with van der Waals surface area (Å²) < 4.78 is 0. The van der Waals surface area contributed by atoms with E-state index in [4.69, 9.17) is 5.11 Å². The molecule has 2 N–H and O–H groups in total. The lowest BCUT2D eigenvalue weighted by Gasteiger charge is -2.25. The van der Waals surface area contributed by atoms with E-state index in [2.05, 4.69) is 5.32 Å². The van der Waals surface area contributed by atoms with Gasteiger partial charge in [0.05, 0.1) is 11.8 Å². The zero-order valence-electron chi connectivity index (χ0n) is 11.0. The van der Waals surface area contributed by atoms with Crippen molar-refractivity contribution < 1.29 is 14.7 Å². The summed E-state index contributed by atoms with van der Waals surface area (Å²) in [4.78, 5) is 22.5. The van der Waals surface area contributed by atoms with Gasteiger partial charge in [0, 0.05) is 6.54 Å². The second-order valence-corrected chi connectivity index (χ2v) is 4.84. The first-order valence-electron chi connectivity index (χ1n) is 5.92. The lowest BCUT2D eigenvalue weighted by atomic mass is 9.81. The van der Waals surface area contributed by atoms with Gasteiger partial charge in [0.25, 0.3) is 0 Å². The van der Waals surface area contributed by atoms with Gasteiger partial charge in [-0.25, -0.2) is 0 Å². The number of carboxylic acids is 1. The van der Waals surface area contributed by atoms with Crippen LogP contribution in [0.5, 0.6) is 0 Å². The van der Waals surface area contributed by atoms with E-state index < -0.39 is 11.4 Å². The first kappa shape index (κ1) is 14.2. The molecule has 98 valence electrons. The summed E-state index contributed by atoms with van der Waals surface area (Å²) in [6.45, 7) is 5.79. The Labute approximate surface area is 107 Å². The van der Waals surface area contributed by atoms with Crippen molar-refractivity contribution in [1.29, 1.82) is 0 Å². The van der Waals surface area contributed by atoms with E-state index in [0.29, 0.717) is 0 Å². The maximum atomic E-state index is 12.1. The van der Waals surface area contributed by atoms with Crippen LogP contribution in [-0.4, -0.2) is 23.5 Å². The van der Waals surface area contributed by atoms with Gasteiger partial charge in [-0.1, -0.05) is 24.3 Å². The van der Waals surface area contributed by atoms with Crippen molar-refractivity contribution >= 4 is 11.9 Å². The number of carboxylic acid groups (broad SMARTS) is 1. The number of benzene rings is 1. The predicted octanol–water partition coefficient (Wildman–Crippen LogP) is 1.86. The molecule has 1 amide bonds. The van der Waals surface area contributed by atoms with Crippen LogP contribution in [0.2, 0.25) is 0 Å². The molecule has 0 fully saturated rings. The fourth-order valence-corrected chi connectivity index (χ4v) is 1.90. The SMILES string of the molecule is Cc1ccccc1C(C)(C)C(=O)NCCC(=O)O. The maximum absolute atomic E-state index is 12.1. The number of hydrogen-bond acceptors (Lipinski definition) is 2. The van der Waals surface area contributed by atoms with Crippen molar-refractivity contribution in [2.24, 2.45) is 0 Å². The van der Waals surface area contributed by atoms with E-state index in [1.165, 1.54) is 0 Å². The van der Waals surface area contributed by atoms with Gasteiger partial charge in [0.2, 0.25) is 5.91 Å². The van der Waals surface area contributed by atoms with Crippen LogP contribution >= 0.6 is 0 Å². The second-order valence-electron chi connectivity index (χ2n) is 4.84. The fourth-order valence-electron chi connectivity index (χ4n) is 1.90. The Morgan fingerprint density at radius 2 is 1.89 bits per heavy atom. The molecule has 0 saturated carbocycles. The third-order valence-corrected chi connectivity index (χ3v) is 3.01. The molecular formula is C14H19NO3. The molecule has 0 spiro atoms. The lowest BCUT2D eigenvalue weighted by molar-refractivity contribution is -0.137. The van der Waals surface area contributed by atoms with Crippen LogP contribution in [0, 0.1) is 6.92 Å². The Kier molecular flexibility index (Phi) is 4.48. The Hall–Kier alpha value is -1.84. The van der Waals surface area contributed by atoms with Crippen molar-refractivity contribution in [3.63, 3.8) is 0 Å². The molecule has 0 atom stereocenters. The van der Waals surface area contributed by atoms with E-state index in [1.54, 1.807) is 0 Å². The van der Waals surface area contributed by atoms with Gasteiger partial charge in [-0.15, -0.1) is 0 Å². The fraction of sp³-hybridized carbons (Fsp3) is 0.429. The summed E-state index contributed by atoms with van der Waals surface area (Å²) in [7, 11) is 0. The largest absolute Gasteiger partial charge is 0.481 e. The highest BCUT2D eigenvalue weighted by Gasteiger charge is 2.30.